The number of halogens is 1. The van der Waals surface area contributed by atoms with Gasteiger partial charge >= 0.3 is 5.97 Å². The van der Waals surface area contributed by atoms with Gasteiger partial charge in [-0.1, -0.05) is 53.3 Å². The number of allylic oxidation sites excluding steroid dienone is 1. The van der Waals surface area contributed by atoms with E-state index in [4.69, 9.17) is 30.5 Å². The van der Waals surface area contributed by atoms with E-state index < -0.39 is 12.0 Å². The number of esters is 1. The number of benzene rings is 3. The van der Waals surface area contributed by atoms with Crippen LogP contribution in [0.1, 0.15) is 43.5 Å². The number of hydrogen-bond acceptors (Lipinski definition) is 8. The van der Waals surface area contributed by atoms with Crippen LogP contribution in [0, 0.1) is 0 Å². The van der Waals surface area contributed by atoms with Crippen LogP contribution in [0.25, 0.3) is 6.08 Å². The number of rotatable bonds is 10. The fourth-order valence-electron chi connectivity index (χ4n) is 4.81. The summed E-state index contributed by atoms with van der Waals surface area (Å²) in [4.78, 5) is 32.2. The zero-order valence-electron chi connectivity index (χ0n) is 24.3. The number of thiazole rings is 1. The van der Waals surface area contributed by atoms with E-state index in [1.807, 2.05) is 73.7 Å². The molecule has 43 heavy (non-hydrogen) atoms. The number of hydrogen-bond donors (Lipinski definition) is 0. The third-order valence-corrected chi connectivity index (χ3v) is 8.05. The van der Waals surface area contributed by atoms with Crippen LogP contribution < -0.4 is 29.1 Å². The number of carbonyl (C=O) groups is 1. The minimum absolute atomic E-state index is 0.206. The predicted molar refractivity (Wildman–Crippen MR) is 167 cm³/mol. The minimum atomic E-state index is -0.702. The molecule has 4 aromatic rings. The normalized spacial score (nSPS) is 14.6. The number of aromatic nitrogens is 1. The van der Waals surface area contributed by atoms with Crippen LogP contribution in [0.3, 0.4) is 0 Å². The summed E-state index contributed by atoms with van der Waals surface area (Å²) in [6.45, 7) is 6.50. The predicted octanol–water partition coefficient (Wildman–Crippen LogP) is 5.44. The number of methoxy groups -OCH3 is 1. The summed E-state index contributed by atoms with van der Waals surface area (Å²) in [6, 6.07) is 19.6. The molecule has 0 radical (unpaired) electrons. The maximum atomic E-state index is 13.9. The van der Waals surface area contributed by atoms with E-state index in [2.05, 4.69) is 4.99 Å². The molecule has 0 spiro atoms. The van der Waals surface area contributed by atoms with E-state index in [1.54, 1.807) is 31.6 Å². The van der Waals surface area contributed by atoms with Crippen molar-refractivity contribution in [3.63, 3.8) is 0 Å². The number of ether oxygens (including phenoxy) is 4. The monoisotopic (exact) mass is 618 g/mol. The second-order valence-corrected chi connectivity index (χ2v) is 11.1. The maximum Gasteiger partial charge on any atom is 0.338 e. The van der Waals surface area contributed by atoms with Crippen molar-refractivity contribution in [1.82, 2.24) is 4.57 Å². The Labute approximate surface area is 258 Å². The molecular weight excluding hydrogens is 588 g/mol. The van der Waals surface area contributed by atoms with E-state index in [-0.39, 0.29) is 12.2 Å². The first-order valence-corrected chi connectivity index (χ1v) is 15.0. The molecular formula is C33H31ClN2O6S. The topological polar surface area (TPSA) is 88.4 Å². The molecule has 0 unspecified atom stereocenters. The highest BCUT2D eigenvalue weighted by atomic mass is 35.5. The molecule has 222 valence electrons. The standard InChI is InChI=1S/C33H31ClN2O6S/c1-5-40-25-14-10-23(11-15-25)30-29(32(38)41-6-2)20(3)35-33-36(30)31(37)28(43-33)18-22-9-16-26(27(17-22)39-4)42-19-21-7-12-24(34)13-8-21/h7-18,30H,5-6,19H2,1-4H3/b28-18-/t30-/m1/s1. The summed E-state index contributed by atoms with van der Waals surface area (Å²) in [5.41, 5.74) is 3.04. The molecule has 1 aliphatic rings. The zero-order chi connectivity index (χ0) is 30.5. The lowest BCUT2D eigenvalue weighted by atomic mass is 9.96. The SMILES string of the molecule is CCOC(=O)C1=C(C)N=c2s/c(=C\c3ccc(OCc4ccc(Cl)cc4)c(OC)c3)c(=O)n2[C@@H]1c1ccc(OCC)cc1. The Morgan fingerprint density at radius 3 is 2.42 bits per heavy atom. The number of fused-ring (bicyclic) bond motifs is 1. The quantitative estimate of drug-likeness (QED) is 0.220. The molecule has 0 bridgehead atoms. The maximum absolute atomic E-state index is 13.9. The average Bonchev–Trinajstić information content (AvgIpc) is 3.31. The summed E-state index contributed by atoms with van der Waals surface area (Å²) in [7, 11) is 1.57. The van der Waals surface area contributed by atoms with E-state index in [1.165, 1.54) is 11.3 Å². The summed E-state index contributed by atoms with van der Waals surface area (Å²) >= 11 is 7.24. The van der Waals surface area contributed by atoms with Crippen LogP contribution in [-0.2, 0) is 16.1 Å². The zero-order valence-corrected chi connectivity index (χ0v) is 25.8. The fraction of sp³-hybridized carbons (Fsp3) is 0.242. The van der Waals surface area contributed by atoms with Gasteiger partial charge in [0.05, 0.1) is 42.2 Å². The van der Waals surface area contributed by atoms with Crippen LogP contribution >= 0.6 is 22.9 Å². The largest absolute Gasteiger partial charge is 0.494 e. The van der Waals surface area contributed by atoms with Crippen molar-refractivity contribution in [3.05, 3.63) is 119 Å². The molecule has 3 aromatic carbocycles. The molecule has 1 atom stereocenters. The summed E-state index contributed by atoms with van der Waals surface area (Å²) in [6.07, 6.45) is 1.79. The van der Waals surface area contributed by atoms with Crippen LogP contribution in [0.2, 0.25) is 5.02 Å². The average molecular weight is 619 g/mol. The van der Waals surface area contributed by atoms with Gasteiger partial charge in [-0.25, -0.2) is 9.79 Å². The molecule has 10 heteroatoms. The molecule has 2 heterocycles. The molecule has 1 aromatic heterocycles. The van der Waals surface area contributed by atoms with Gasteiger partial charge in [0.15, 0.2) is 16.3 Å². The van der Waals surface area contributed by atoms with Gasteiger partial charge < -0.3 is 18.9 Å². The van der Waals surface area contributed by atoms with E-state index >= 15 is 0 Å². The third-order valence-electron chi connectivity index (χ3n) is 6.82. The van der Waals surface area contributed by atoms with Crippen molar-refractivity contribution in [2.75, 3.05) is 20.3 Å². The lowest BCUT2D eigenvalue weighted by molar-refractivity contribution is -0.139. The van der Waals surface area contributed by atoms with Crippen molar-refractivity contribution in [1.29, 1.82) is 0 Å². The van der Waals surface area contributed by atoms with Gasteiger partial charge in [0.25, 0.3) is 5.56 Å². The second kappa shape index (κ2) is 13.3. The Morgan fingerprint density at radius 2 is 1.74 bits per heavy atom. The Kier molecular flexibility index (Phi) is 9.33. The van der Waals surface area contributed by atoms with Crippen LogP contribution in [0.15, 0.2) is 87.8 Å². The number of nitrogens with zero attached hydrogens (tertiary/aromatic N) is 2. The molecule has 0 amide bonds. The Balaban J connectivity index is 1.53. The van der Waals surface area contributed by atoms with Crippen LogP contribution in [-0.4, -0.2) is 30.9 Å². The van der Waals surface area contributed by atoms with Crippen molar-refractivity contribution >= 4 is 35.0 Å². The number of carbonyl (C=O) groups excluding carboxylic acids is 1. The van der Waals surface area contributed by atoms with Crippen LogP contribution in [0.5, 0.6) is 17.2 Å². The highest BCUT2D eigenvalue weighted by Gasteiger charge is 2.33. The lowest BCUT2D eigenvalue weighted by Crippen LogP contribution is -2.39. The van der Waals surface area contributed by atoms with Crippen molar-refractivity contribution < 1.29 is 23.7 Å². The van der Waals surface area contributed by atoms with Gasteiger partial charge in [-0.3, -0.25) is 9.36 Å². The second-order valence-electron chi connectivity index (χ2n) is 9.63. The van der Waals surface area contributed by atoms with Gasteiger partial charge in [0.1, 0.15) is 12.4 Å². The lowest BCUT2D eigenvalue weighted by Gasteiger charge is -2.24. The fourth-order valence-corrected chi connectivity index (χ4v) is 5.98. The highest BCUT2D eigenvalue weighted by Crippen LogP contribution is 2.32. The van der Waals surface area contributed by atoms with E-state index in [0.29, 0.717) is 56.1 Å². The first-order chi connectivity index (χ1) is 20.8. The third kappa shape index (κ3) is 6.53. The van der Waals surface area contributed by atoms with Crippen molar-refractivity contribution in [2.24, 2.45) is 4.99 Å². The smallest absolute Gasteiger partial charge is 0.338 e. The van der Waals surface area contributed by atoms with Crippen LogP contribution in [0.4, 0.5) is 0 Å². The van der Waals surface area contributed by atoms with Gasteiger partial charge in [-0.05, 0) is 79.9 Å². The summed E-state index contributed by atoms with van der Waals surface area (Å²) < 4.78 is 24.6. The molecule has 0 fully saturated rings. The summed E-state index contributed by atoms with van der Waals surface area (Å²) in [5.74, 6) is 1.30. The first-order valence-electron chi connectivity index (χ1n) is 13.8. The van der Waals surface area contributed by atoms with E-state index in [0.717, 1.165) is 16.7 Å². The van der Waals surface area contributed by atoms with Gasteiger partial charge in [-0.15, -0.1) is 0 Å². The molecule has 0 aliphatic carbocycles. The Bertz CT molecular complexity index is 1840. The van der Waals surface area contributed by atoms with Crippen molar-refractivity contribution in [2.45, 2.75) is 33.4 Å². The molecule has 0 saturated heterocycles. The Hall–Kier alpha value is -4.34. The van der Waals surface area contributed by atoms with Gasteiger partial charge in [0, 0.05) is 5.02 Å². The molecule has 5 rings (SSSR count). The van der Waals surface area contributed by atoms with Crippen molar-refractivity contribution in [3.8, 4) is 17.2 Å². The van der Waals surface area contributed by atoms with Gasteiger partial charge in [0.2, 0.25) is 0 Å². The molecule has 0 saturated carbocycles. The highest BCUT2D eigenvalue weighted by molar-refractivity contribution is 7.07. The molecule has 0 N–H and O–H groups in total. The molecule has 8 nitrogen and oxygen atoms in total. The minimum Gasteiger partial charge on any atom is -0.494 e. The van der Waals surface area contributed by atoms with Gasteiger partial charge in [-0.2, -0.15) is 0 Å². The first kappa shape index (κ1) is 30.1. The summed E-state index contributed by atoms with van der Waals surface area (Å²) in [5, 5.41) is 0.661. The van der Waals surface area contributed by atoms with E-state index in [9.17, 15) is 9.59 Å². The molecule has 1 aliphatic heterocycles. The Morgan fingerprint density at radius 1 is 1.00 bits per heavy atom.